The molecule has 0 aromatic heterocycles. The van der Waals surface area contributed by atoms with Crippen molar-refractivity contribution < 1.29 is 14.7 Å². The number of carbonyl (C=O) groups is 2. The fraction of sp³-hybridized carbons (Fsp3) is 0.867. The highest BCUT2D eigenvalue weighted by Gasteiger charge is 2.18. The normalized spacial score (nSPS) is 17.8. The molecule has 116 valence electrons. The van der Waals surface area contributed by atoms with Gasteiger partial charge in [0.1, 0.15) is 0 Å². The van der Waals surface area contributed by atoms with Gasteiger partial charge < -0.3 is 15.7 Å². The lowest BCUT2D eigenvalue weighted by Gasteiger charge is -2.24. The molecule has 0 aliphatic heterocycles. The third-order valence-corrected chi connectivity index (χ3v) is 3.76. The van der Waals surface area contributed by atoms with Crippen LogP contribution < -0.4 is 10.6 Å². The smallest absolute Gasteiger partial charge is 0.315 e. The van der Waals surface area contributed by atoms with E-state index in [1.807, 2.05) is 0 Å². The molecule has 1 fully saturated rings. The van der Waals surface area contributed by atoms with Crippen molar-refractivity contribution in [2.24, 2.45) is 11.8 Å². The fourth-order valence-corrected chi connectivity index (χ4v) is 2.87. The Balaban J connectivity index is 2.29. The average Bonchev–Trinajstić information content (AvgIpc) is 2.36. The van der Waals surface area contributed by atoms with E-state index in [-0.39, 0.29) is 24.4 Å². The molecule has 1 aliphatic carbocycles. The van der Waals surface area contributed by atoms with Crippen LogP contribution in [0.4, 0.5) is 4.79 Å². The molecule has 0 aromatic rings. The zero-order valence-electron chi connectivity index (χ0n) is 12.7. The van der Waals surface area contributed by atoms with Crippen LogP contribution >= 0.6 is 0 Å². The van der Waals surface area contributed by atoms with Gasteiger partial charge in [0.15, 0.2) is 0 Å². The van der Waals surface area contributed by atoms with E-state index in [0.29, 0.717) is 12.5 Å². The number of carbonyl (C=O) groups excluding carboxylic acids is 1. The van der Waals surface area contributed by atoms with Crippen LogP contribution in [0.5, 0.6) is 0 Å². The molecule has 1 rings (SSSR count). The number of amides is 2. The highest BCUT2D eigenvalue weighted by atomic mass is 16.4. The van der Waals surface area contributed by atoms with Crippen LogP contribution in [0.15, 0.2) is 0 Å². The Morgan fingerprint density at radius 1 is 1.20 bits per heavy atom. The largest absolute Gasteiger partial charge is 0.481 e. The summed E-state index contributed by atoms with van der Waals surface area (Å²) in [4.78, 5) is 22.6. The Bertz CT molecular complexity index is 312. The Morgan fingerprint density at radius 3 is 2.40 bits per heavy atom. The van der Waals surface area contributed by atoms with Crippen molar-refractivity contribution in [1.29, 1.82) is 0 Å². The number of hydrogen-bond donors (Lipinski definition) is 3. The lowest BCUT2D eigenvalue weighted by atomic mass is 9.94. The third kappa shape index (κ3) is 7.36. The van der Waals surface area contributed by atoms with E-state index >= 15 is 0 Å². The van der Waals surface area contributed by atoms with Crippen LogP contribution in [0.3, 0.4) is 0 Å². The van der Waals surface area contributed by atoms with E-state index in [2.05, 4.69) is 24.5 Å². The number of carboxylic acids is 1. The van der Waals surface area contributed by atoms with Gasteiger partial charge >= 0.3 is 12.0 Å². The second-order valence-electron chi connectivity index (χ2n) is 6.28. The van der Waals surface area contributed by atoms with Crippen molar-refractivity contribution in [2.75, 3.05) is 6.54 Å². The van der Waals surface area contributed by atoms with Crippen LogP contribution in [0.25, 0.3) is 0 Å². The summed E-state index contributed by atoms with van der Waals surface area (Å²) < 4.78 is 0. The first-order valence-corrected chi connectivity index (χ1v) is 7.73. The van der Waals surface area contributed by atoms with Crippen molar-refractivity contribution in [3.8, 4) is 0 Å². The average molecular weight is 284 g/mol. The van der Waals surface area contributed by atoms with Gasteiger partial charge in [-0.2, -0.15) is 0 Å². The Morgan fingerprint density at radius 2 is 1.85 bits per heavy atom. The molecular weight excluding hydrogens is 256 g/mol. The molecular formula is C15H28N2O3. The number of carboxylic acid groups (broad SMARTS) is 1. The Labute approximate surface area is 121 Å². The predicted molar refractivity (Wildman–Crippen MR) is 78.6 cm³/mol. The molecule has 3 N–H and O–H groups in total. The molecule has 0 heterocycles. The minimum atomic E-state index is -0.801. The van der Waals surface area contributed by atoms with E-state index in [4.69, 9.17) is 5.11 Å². The summed E-state index contributed by atoms with van der Waals surface area (Å²) in [7, 11) is 0. The molecule has 5 heteroatoms. The number of urea groups is 1. The molecule has 1 saturated carbocycles. The van der Waals surface area contributed by atoms with Gasteiger partial charge in [0, 0.05) is 19.0 Å². The van der Waals surface area contributed by atoms with Gasteiger partial charge in [0.05, 0.1) is 0 Å². The van der Waals surface area contributed by atoms with Gasteiger partial charge in [-0.25, -0.2) is 4.79 Å². The zero-order chi connectivity index (χ0) is 15.0. The van der Waals surface area contributed by atoms with Crippen LogP contribution in [-0.4, -0.2) is 29.7 Å². The lowest BCUT2D eigenvalue weighted by molar-refractivity contribution is -0.138. The molecule has 0 unspecified atom stereocenters. The summed E-state index contributed by atoms with van der Waals surface area (Å²) in [5.74, 6) is -0.364. The molecule has 20 heavy (non-hydrogen) atoms. The first kappa shape index (κ1) is 16.8. The summed E-state index contributed by atoms with van der Waals surface area (Å²) in [5.41, 5.74) is 0. The fourth-order valence-electron chi connectivity index (χ4n) is 2.87. The highest BCUT2D eigenvalue weighted by molar-refractivity contribution is 5.74. The summed E-state index contributed by atoms with van der Waals surface area (Å²) >= 11 is 0. The minimum Gasteiger partial charge on any atom is -0.481 e. The molecule has 2 amide bonds. The number of nitrogens with one attached hydrogen (secondary N) is 2. The monoisotopic (exact) mass is 284 g/mol. The molecule has 0 bridgehead atoms. The second-order valence-corrected chi connectivity index (χ2v) is 6.28. The number of aliphatic carboxylic acids is 1. The van der Waals surface area contributed by atoms with Gasteiger partial charge in [-0.3, -0.25) is 4.79 Å². The molecule has 0 saturated heterocycles. The second kappa shape index (κ2) is 8.82. The maximum atomic E-state index is 11.8. The summed E-state index contributed by atoms with van der Waals surface area (Å²) in [6.07, 6.45) is 6.66. The first-order valence-electron chi connectivity index (χ1n) is 7.73. The van der Waals surface area contributed by atoms with Crippen LogP contribution in [-0.2, 0) is 4.79 Å². The summed E-state index contributed by atoms with van der Waals surface area (Å²) in [5, 5.41) is 14.7. The van der Waals surface area contributed by atoms with E-state index in [1.165, 1.54) is 19.3 Å². The van der Waals surface area contributed by atoms with Gasteiger partial charge in [0.25, 0.3) is 0 Å². The van der Waals surface area contributed by atoms with Crippen molar-refractivity contribution in [2.45, 2.75) is 64.8 Å². The highest BCUT2D eigenvalue weighted by Crippen LogP contribution is 2.17. The zero-order valence-corrected chi connectivity index (χ0v) is 12.7. The van der Waals surface area contributed by atoms with Crippen LogP contribution in [0.1, 0.15) is 58.8 Å². The van der Waals surface area contributed by atoms with Crippen molar-refractivity contribution in [3.63, 3.8) is 0 Å². The van der Waals surface area contributed by atoms with Gasteiger partial charge in [-0.15, -0.1) is 0 Å². The lowest BCUT2D eigenvalue weighted by Crippen LogP contribution is -2.44. The van der Waals surface area contributed by atoms with Gasteiger partial charge in [-0.1, -0.05) is 33.1 Å². The van der Waals surface area contributed by atoms with Gasteiger partial charge in [0.2, 0.25) is 0 Å². The number of rotatable bonds is 7. The standard InChI is InChI=1S/C15H28N2O3/c1-11(2)8-12(9-14(18)19)10-16-15(20)17-13-6-4-3-5-7-13/h11-13H,3-10H2,1-2H3,(H,18,19)(H2,16,17,20)/t12-/m0/s1. The molecule has 5 nitrogen and oxygen atoms in total. The topological polar surface area (TPSA) is 78.4 Å². The van der Waals surface area contributed by atoms with Crippen molar-refractivity contribution >= 4 is 12.0 Å². The molecule has 0 aromatic carbocycles. The van der Waals surface area contributed by atoms with E-state index in [9.17, 15) is 9.59 Å². The van der Waals surface area contributed by atoms with Crippen molar-refractivity contribution in [1.82, 2.24) is 10.6 Å². The Hall–Kier alpha value is -1.26. The number of hydrogen-bond acceptors (Lipinski definition) is 2. The quantitative estimate of drug-likeness (QED) is 0.672. The maximum absolute atomic E-state index is 11.8. The van der Waals surface area contributed by atoms with Crippen LogP contribution in [0, 0.1) is 11.8 Å². The predicted octanol–water partition coefficient (Wildman–Crippen LogP) is 2.76. The molecule has 1 atom stereocenters. The van der Waals surface area contributed by atoms with Crippen LogP contribution in [0.2, 0.25) is 0 Å². The Kier molecular flexibility index (Phi) is 7.41. The molecule has 1 aliphatic rings. The van der Waals surface area contributed by atoms with E-state index in [1.54, 1.807) is 0 Å². The SMILES string of the molecule is CC(C)C[C@H](CNC(=O)NC1CCCCC1)CC(=O)O. The molecule has 0 radical (unpaired) electrons. The van der Waals surface area contributed by atoms with Crippen molar-refractivity contribution in [3.05, 3.63) is 0 Å². The summed E-state index contributed by atoms with van der Waals surface area (Å²) in [6, 6.07) is 0.128. The third-order valence-electron chi connectivity index (χ3n) is 3.76. The van der Waals surface area contributed by atoms with E-state index < -0.39 is 5.97 Å². The molecule has 0 spiro atoms. The first-order chi connectivity index (χ1) is 9.47. The van der Waals surface area contributed by atoms with Gasteiger partial charge in [-0.05, 0) is 31.1 Å². The minimum absolute atomic E-state index is 0.00426. The maximum Gasteiger partial charge on any atom is 0.315 e. The summed E-state index contributed by atoms with van der Waals surface area (Å²) in [6.45, 7) is 4.57. The van der Waals surface area contributed by atoms with E-state index in [0.717, 1.165) is 19.3 Å².